The number of aromatic nitrogens is 5. The first-order valence-electron chi connectivity index (χ1n) is 6.39. The third-order valence-electron chi connectivity index (χ3n) is 3.22. The van der Waals surface area contributed by atoms with Gasteiger partial charge in [-0.3, -0.25) is 4.68 Å². The van der Waals surface area contributed by atoms with Crippen LogP contribution in [0.15, 0.2) is 18.5 Å². The summed E-state index contributed by atoms with van der Waals surface area (Å²) in [6, 6.07) is 2.34. The summed E-state index contributed by atoms with van der Waals surface area (Å²) >= 11 is 0. The molecule has 0 radical (unpaired) electrons. The van der Waals surface area contributed by atoms with Crippen LogP contribution in [0.25, 0.3) is 0 Å². The van der Waals surface area contributed by atoms with E-state index >= 15 is 0 Å². The average molecular weight is 248 g/mol. The topological polar surface area (TPSA) is 85.4 Å². The van der Waals surface area contributed by atoms with Gasteiger partial charge in [0.05, 0.1) is 29.7 Å². The van der Waals surface area contributed by atoms with Gasteiger partial charge in [0.1, 0.15) is 0 Å². The lowest BCUT2D eigenvalue weighted by Crippen LogP contribution is -2.15. The van der Waals surface area contributed by atoms with Crippen LogP contribution in [0.3, 0.4) is 0 Å². The van der Waals surface area contributed by atoms with E-state index in [1.54, 1.807) is 6.20 Å². The normalized spacial score (nSPS) is 13.1. The van der Waals surface area contributed by atoms with Crippen molar-refractivity contribution < 1.29 is 0 Å². The molecule has 0 bridgehead atoms. The van der Waals surface area contributed by atoms with E-state index in [1.807, 2.05) is 16.9 Å². The summed E-state index contributed by atoms with van der Waals surface area (Å²) in [5, 5.41) is 14.9. The smallest absolute Gasteiger partial charge is 0.0995 e. The molecule has 18 heavy (non-hydrogen) atoms. The summed E-state index contributed by atoms with van der Waals surface area (Å²) < 4.78 is 2.03. The summed E-state index contributed by atoms with van der Waals surface area (Å²) in [6.45, 7) is 4.35. The zero-order valence-electron chi connectivity index (χ0n) is 10.9. The molecule has 0 fully saturated rings. The molecule has 6 nitrogen and oxygen atoms in total. The quantitative estimate of drug-likeness (QED) is 0.813. The number of hydrogen-bond acceptors (Lipinski definition) is 4. The number of aromatic amines is 1. The predicted molar refractivity (Wildman–Crippen MR) is 68.9 cm³/mol. The van der Waals surface area contributed by atoms with Gasteiger partial charge in [-0.05, 0) is 18.9 Å². The molecule has 0 aliphatic heterocycles. The third kappa shape index (κ3) is 2.76. The first-order valence-corrected chi connectivity index (χ1v) is 6.39. The van der Waals surface area contributed by atoms with E-state index < -0.39 is 0 Å². The van der Waals surface area contributed by atoms with Crippen LogP contribution in [0.2, 0.25) is 0 Å². The molecule has 1 atom stereocenters. The van der Waals surface area contributed by atoms with E-state index in [-0.39, 0.29) is 6.04 Å². The maximum atomic E-state index is 6.05. The number of H-pyrrole nitrogens is 1. The van der Waals surface area contributed by atoms with Gasteiger partial charge in [0.25, 0.3) is 0 Å². The maximum absolute atomic E-state index is 6.05. The Morgan fingerprint density at radius 2 is 2.17 bits per heavy atom. The molecule has 3 N–H and O–H groups in total. The van der Waals surface area contributed by atoms with Crippen molar-refractivity contribution in [3.05, 3.63) is 29.8 Å². The van der Waals surface area contributed by atoms with Gasteiger partial charge in [-0.15, -0.1) is 0 Å². The first kappa shape index (κ1) is 12.8. The van der Waals surface area contributed by atoms with Gasteiger partial charge in [-0.1, -0.05) is 13.8 Å². The molecule has 98 valence electrons. The van der Waals surface area contributed by atoms with Crippen molar-refractivity contribution in [2.24, 2.45) is 5.73 Å². The Hall–Kier alpha value is -1.69. The number of nitrogens with one attached hydrogen (secondary N) is 1. The number of rotatable bonds is 6. The molecule has 0 aliphatic carbocycles. The van der Waals surface area contributed by atoms with Crippen molar-refractivity contribution in [2.75, 3.05) is 0 Å². The van der Waals surface area contributed by atoms with E-state index in [4.69, 9.17) is 5.73 Å². The standard InChI is InChI=1S/C12H20N6/c1-3-10(4-2)18-6-5-9(16-18)7-11(13)12-8-14-17-15-12/h5-6,8,10-11H,3-4,7,13H2,1-2H3,(H,14,15,17). The van der Waals surface area contributed by atoms with Gasteiger partial charge in [0, 0.05) is 12.6 Å². The van der Waals surface area contributed by atoms with E-state index in [2.05, 4.69) is 34.4 Å². The van der Waals surface area contributed by atoms with E-state index in [9.17, 15) is 0 Å². The second-order valence-electron chi connectivity index (χ2n) is 4.46. The highest BCUT2D eigenvalue weighted by Crippen LogP contribution is 2.16. The minimum atomic E-state index is -0.159. The highest BCUT2D eigenvalue weighted by molar-refractivity contribution is 5.08. The van der Waals surface area contributed by atoms with Crippen LogP contribution in [0.5, 0.6) is 0 Å². The van der Waals surface area contributed by atoms with E-state index in [0.29, 0.717) is 12.5 Å². The Morgan fingerprint density at radius 3 is 2.78 bits per heavy atom. The van der Waals surface area contributed by atoms with Crippen LogP contribution >= 0.6 is 0 Å². The molecule has 2 aromatic rings. The lowest BCUT2D eigenvalue weighted by molar-refractivity contribution is 0.424. The highest BCUT2D eigenvalue weighted by Gasteiger charge is 2.13. The van der Waals surface area contributed by atoms with E-state index in [1.165, 1.54) is 0 Å². The van der Waals surface area contributed by atoms with Crippen molar-refractivity contribution in [1.29, 1.82) is 0 Å². The predicted octanol–water partition coefficient (Wildman–Crippen LogP) is 1.60. The van der Waals surface area contributed by atoms with E-state index in [0.717, 1.165) is 24.2 Å². The molecule has 0 aromatic carbocycles. The molecule has 2 aromatic heterocycles. The maximum Gasteiger partial charge on any atom is 0.0995 e. The van der Waals surface area contributed by atoms with Gasteiger partial charge < -0.3 is 5.73 Å². The minimum absolute atomic E-state index is 0.159. The summed E-state index contributed by atoms with van der Waals surface area (Å²) in [6.07, 6.45) is 6.55. The molecule has 0 spiro atoms. The Bertz CT molecular complexity index is 457. The average Bonchev–Trinajstić information content (AvgIpc) is 3.01. The van der Waals surface area contributed by atoms with Gasteiger partial charge >= 0.3 is 0 Å². The molecule has 0 saturated heterocycles. The summed E-state index contributed by atoms with van der Waals surface area (Å²) in [5.74, 6) is 0. The molecule has 0 amide bonds. The van der Waals surface area contributed by atoms with Crippen LogP contribution in [-0.2, 0) is 6.42 Å². The molecule has 2 rings (SSSR count). The molecular formula is C12H20N6. The van der Waals surface area contributed by atoms with Gasteiger partial charge in [-0.2, -0.15) is 20.5 Å². The fourth-order valence-electron chi connectivity index (χ4n) is 2.07. The van der Waals surface area contributed by atoms with Crippen LogP contribution in [0.1, 0.15) is 50.2 Å². The molecule has 2 heterocycles. The van der Waals surface area contributed by atoms with Gasteiger partial charge in [-0.25, -0.2) is 0 Å². The number of nitrogens with zero attached hydrogens (tertiary/aromatic N) is 4. The van der Waals surface area contributed by atoms with Crippen molar-refractivity contribution in [3.63, 3.8) is 0 Å². The Morgan fingerprint density at radius 1 is 1.39 bits per heavy atom. The summed E-state index contributed by atoms with van der Waals surface area (Å²) in [5.41, 5.74) is 7.82. The van der Waals surface area contributed by atoms with Crippen molar-refractivity contribution in [3.8, 4) is 0 Å². The second-order valence-corrected chi connectivity index (χ2v) is 4.46. The van der Waals surface area contributed by atoms with Crippen LogP contribution in [0.4, 0.5) is 0 Å². The monoisotopic (exact) mass is 248 g/mol. The third-order valence-corrected chi connectivity index (χ3v) is 3.22. The van der Waals surface area contributed by atoms with Gasteiger partial charge in [0.15, 0.2) is 0 Å². The Kier molecular flexibility index (Phi) is 4.09. The van der Waals surface area contributed by atoms with Crippen LogP contribution in [-0.4, -0.2) is 25.2 Å². The van der Waals surface area contributed by atoms with Gasteiger partial charge in [0.2, 0.25) is 0 Å². The SMILES string of the molecule is CCC(CC)n1ccc(CC(N)c2cn[nH]n2)n1. The van der Waals surface area contributed by atoms with Crippen molar-refractivity contribution in [2.45, 2.75) is 45.2 Å². The Balaban J connectivity index is 2.02. The summed E-state index contributed by atoms with van der Waals surface area (Å²) in [7, 11) is 0. The highest BCUT2D eigenvalue weighted by atomic mass is 15.3. The molecule has 0 aliphatic rings. The van der Waals surface area contributed by atoms with Crippen molar-refractivity contribution in [1.82, 2.24) is 25.2 Å². The first-order chi connectivity index (χ1) is 8.74. The number of hydrogen-bond donors (Lipinski definition) is 2. The van der Waals surface area contributed by atoms with Crippen LogP contribution < -0.4 is 5.73 Å². The fourth-order valence-corrected chi connectivity index (χ4v) is 2.07. The zero-order valence-corrected chi connectivity index (χ0v) is 10.9. The largest absolute Gasteiger partial charge is 0.322 e. The lowest BCUT2D eigenvalue weighted by atomic mass is 10.1. The second kappa shape index (κ2) is 5.77. The molecule has 0 saturated carbocycles. The zero-order chi connectivity index (χ0) is 13.0. The minimum Gasteiger partial charge on any atom is -0.322 e. The van der Waals surface area contributed by atoms with Crippen molar-refractivity contribution >= 4 is 0 Å². The van der Waals surface area contributed by atoms with Crippen LogP contribution in [0, 0.1) is 0 Å². The molecule has 6 heteroatoms. The molecule has 1 unspecified atom stereocenters. The molecular weight excluding hydrogens is 228 g/mol. The lowest BCUT2D eigenvalue weighted by Gasteiger charge is -2.12. The number of nitrogens with two attached hydrogens (primary N) is 1. The Labute approximate surface area is 107 Å². The summed E-state index contributed by atoms with van der Waals surface area (Å²) in [4.78, 5) is 0. The fraction of sp³-hybridized carbons (Fsp3) is 0.583.